The molecule has 0 atom stereocenters. The third-order valence-corrected chi connectivity index (χ3v) is 5.03. The molecule has 0 unspecified atom stereocenters. The fourth-order valence-corrected chi connectivity index (χ4v) is 2.97. The number of hydrogen-bond acceptors (Lipinski definition) is 4. The Labute approximate surface area is 127 Å². The molecular formula is C13H13ClN2O4S. The zero-order valence-corrected chi connectivity index (χ0v) is 12.9. The molecule has 0 radical (unpaired) electrons. The highest BCUT2D eigenvalue weighted by atomic mass is 35.5. The maximum absolute atomic E-state index is 12.1. The van der Waals surface area contributed by atoms with E-state index in [0.717, 1.165) is 4.31 Å². The average molecular weight is 329 g/mol. The van der Waals surface area contributed by atoms with Gasteiger partial charge in [-0.1, -0.05) is 11.6 Å². The minimum absolute atomic E-state index is 0.0702. The average Bonchev–Trinajstić information content (AvgIpc) is 2.94. The number of benzene rings is 1. The highest BCUT2D eigenvalue weighted by Gasteiger charge is 2.21. The van der Waals surface area contributed by atoms with Gasteiger partial charge < -0.3 is 9.73 Å². The smallest absolute Gasteiger partial charge is 0.258 e. The van der Waals surface area contributed by atoms with Crippen LogP contribution < -0.4 is 5.32 Å². The molecule has 1 N–H and O–H groups in total. The van der Waals surface area contributed by atoms with Crippen LogP contribution >= 0.6 is 11.6 Å². The monoisotopic (exact) mass is 328 g/mol. The van der Waals surface area contributed by atoms with Gasteiger partial charge in [0, 0.05) is 19.8 Å². The summed E-state index contributed by atoms with van der Waals surface area (Å²) >= 11 is 5.93. The molecule has 2 rings (SSSR count). The van der Waals surface area contributed by atoms with E-state index in [1.165, 1.54) is 50.9 Å². The SMILES string of the molecule is CN(C)S(=O)(=O)c1cc(NC(=O)c2ccoc2)ccc1Cl. The number of anilines is 1. The van der Waals surface area contributed by atoms with E-state index < -0.39 is 15.9 Å². The van der Waals surface area contributed by atoms with Crippen molar-refractivity contribution < 1.29 is 17.6 Å². The summed E-state index contributed by atoms with van der Waals surface area (Å²) < 4.78 is 30.1. The lowest BCUT2D eigenvalue weighted by Gasteiger charge is -2.14. The summed E-state index contributed by atoms with van der Waals surface area (Å²) in [5.74, 6) is -0.403. The minimum Gasteiger partial charge on any atom is -0.472 e. The fraction of sp³-hybridized carbons (Fsp3) is 0.154. The fourth-order valence-electron chi connectivity index (χ4n) is 1.57. The van der Waals surface area contributed by atoms with E-state index in [9.17, 15) is 13.2 Å². The maximum atomic E-state index is 12.1. The van der Waals surface area contributed by atoms with Crippen LogP contribution in [-0.2, 0) is 10.0 Å². The van der Waals surface area contributed by atoms with Crippen LogP contribution in [0, 0.1) is 0 Å². The Balaban J connectivity index is 2.34. The number of carbonyl (C=O) groups is 1. The molecular weight excluding hydrogens is 316 g/mol. The van der Waals surface area contributed by atoms with Crippen molar-refractivity contribution in [3.63, 3.8) is 0 Å². The molecule has 1 amide bonds. The summed E-state index contributed by atoms with van der Waals surface area (Å²) in [6.45, 7) is 0. The van der Waals surface area contributed by atoms with Crippen molar-refractivity contribution in [3.05, 3.63) is 47.4 Å². The third kappa shape index (κ3) is 3.26. The second-order valence-corrected chi connectivity index (χ2v) is 6.93. The van der Waals surface area contributed by atoms with E-state index >= 15 is 0 Å². The van der Waals surface area contributed by atoms with Crippen molar-refractivity contribution in [2.45, 2.75) is 4.90 Å². The first-order chi connectivity index (χ1) is 9.82. The van der Waals surface area contributed by atoms with Gasteiger partial charge in [-0.2, -0.15) is 0 Å². The number of nitrogens with zero attached hydrogens (tertiary/aromatic N) is 1. The molecule has 1 aromatic heterocycles. The van der Waals surface area contributed by atoms with Gasteiger partial charge in [0.15, 0.2) is 0 Å². The van der Waals surface area contributed by atoms with Crippen molar-refractivity contribution in [3.8, 4) is 0 Å². The molecule has 1 heterocycles. The van der Waals surface area contributed by atoms with Crippen LogP contribution in [0.3, 0.4) is 0 Å². The van der Waals surface area contributed by atoms with Crippen LogP contribution in [0.15, 0.2) is 46.1 Å². The Hall–Kier alpha value is -1.83. The highest BCUT2D eigenvalue weighted by Crippen LogP contribution is 2.27. The quantitative estimate of drug-likeness (QED) is 0.934. The Morgan fingerprint density at radius 3 is 2.57 bits per heavy atom. The van der Waals surface area contributed by atoms with E-state index in [4.69, 9.17) is 16.0 Å². The minimum atomic E-state index is -3.69. The molecule has 0 aliphatic rings. The molecule has 0 aliphatic carbocycles. The highest BCUT2D eigenvalue weighted by molar-refractivity contribution is 7.89. The van der Waals surface area contributed by atoms with E-state index in [2.05, 4.69) is 5.32 Å². The Morgan fingerprint density at radius 1 is 1.29 bits per heavy atom. The van der Waals surface area contributed by atoms with Crippen molar-refractivity contribution in [2.75, 3.05) is 19.4 Å². The molecule has 8 heteroatoms. The van der Waals surface area contributed by atoms with Crippen LogP contribution in [-0.4, -0.2) is 32.7 Å². The predicted octanol–water partition coefficient (Wildman–Crippen LogP) is 2.44. The summed E-state index contributed by atoms with van der Waals surface area (Å²) in [6, 6.07) is 5.76. The summed E-state index contributed by atoms with van der Waals surface area (Å²) in [5, 5.41) is 2.67. The van der Waals surface area contributed by atoms with Gasteiger partial charge in [0.1, 0.15) is 11.2 Å². The molecule has 0 saturated carbocycles. The number of hydrogen-bond donors (Lipinski definition) is 1. The first kappa shape index (κ1) is 15.6. The Kier molecular flexibility index (Phi) is 4.36. The summed E-state index contributed by atoms with van der Waals surface area (Å²) in [7, 11) is -0.878. The number of nitrogens with one attached hydrogen (secondary N) is 1. The molecule has 0 fully saturated rings. The molecule has 0 saturated heterocycles. The van der Waals surface area contributed by atoms with Gasteiger partial charge in [-0.15, -0.1) is 0 Å². The van der Waals surface area contributed by atoms with Crippen molar-refractivity contribution in [2.24, 2.45) is 0 Å². The van der Waals surface area contributed by atoms with Gasteiger partial charge in [0.05, 0.1) is 16.8 Å². The zero-order valence-electron chi connectivity index (χ0n) is 11.3. The molecule has 6 nitrogen and oxygen atoms in total. The number of halogens is 1. The van der Waals surface area contributed by atoms with Gasteiger partial charge in [-0.05, 0) is 24.3 Å². The van der Waals surface area contributed by atoms with Crippen LogP contribution in [0.2, 0.25) is 5.02 Å². The first-order valence-electron chi connectivity index (χ1n) is 5.88. The van der Waals surface area contributed by atoms with E-state index in [-0.39, 0.29) is 9.92 Å². The normalized spacial score (nSPS) is 11.6. The standard InChI is InChI=1S/C13H13ClN2O4S/c1-16(2)21(18,19)12-7-10(3-4-11(12)14)15-13(17)9-5-6-20-8-9/h3-8H,1-2H3,(H,15,17). The largest absolute Gasteiger partial charge is 0.472 e. The van der Waals surface area contributed by atoms with Crippen molar-refractivity contribution in [1.29, 1.82) is 0 Å². The number of rotatable bonds is 4. The molecule has 2 aromatic rings. The molecule has 21 heavy (non-hydrogen) atoms. The molecule has 0 spiro atoms. The van der Waals surface area contributed by atoms with Crippen LogP contribution in [0.1, 0.15) is 10.4 Å². The van der Waals surface area contributed by atoms with E-state index in [0.29, 0.717) is 11.3 Å². The van der Waals surface area contributed by atoms with E-state index in [1.54, 1.807) is 0 Å². The van der Waals surface area contributed by atoms with Crippen LogP contribution in [0.5, 0.6) is 0 Å². The number of carbonyl (C=O) groups excluding carboxylic acids is 1. The van der Waals surface area contributed by atoms with E-state index in [1.807, 2.05) is 0 Å². The van der Waals surface area contributed by atoms with Crippen LogP contribution in [0.25, 0.3) is 0 Å². The Morgan fingerprint density at radius 2 is 2.00 bits per heavy atom. The summed E-state index contributed by atoms with van der Waals surface area (Å²) in [6.07, 6.45) is 2.67. The van der Waals surface area contributed by atoms with Gasteiger partial charge in [0.25, 0.3) is 5.91 Å². The van der Waals surface area contributed by atoms with Crippen molar-refractivity contribution >= 4 is 33.2 Å². The lowest BCUT2D eigenvalue weighted by Crippen LogP contribution is -2.22. The molecule has 0 aliphatic heterocycles. The number of sulfonamides is 1. The second-order valence-electron chi connectivity index (χ2n) is 4.40. The third-order valence-electron chi connectivity index (χ3n) is 2.73. The molecule has 112 valence electrons. The maximum Gasteiger partial charge on any atom is 0.258 e. The van der Waals surface area contributed by atoms with Crippen molar-refractivity contribution in [1.82, 2.24) is 4.31 Å². The van der Waals surface area contributed by atoms with Gasteiger partial charge in [0.2, 0.25) is 10.0 Å². The molecule has 0 bridgehead atoms. The van der Waals surface area contributed by atoms with Gasteiger partial charge in [-0.25, -0.2) is 12.7 Å². The van der Waals surface area contributed by atoms with Gasteiger partial charge >= 0.3 is 0 Å². The molecule has 1 aromatic carbocycles. The number of furan rings is 1. The predicted molar refractivity (Wildman–Crippen MR) is 79.0 cm³/mol. The lowest BCUT2D eigenvalue weighted by atomic mass is 10.3. The Bertz CT molecular complexity index is 754. The zero-order chi connectivity index (χ0) is 15.6. The number of amides is 1. The second kappa shape index (κ2) is 5.88. The van der Waals surface area contributed by atoms with Crippen LogP contribution in [0.4, 0.5) is 5.69 Å². The summed E-state index contributed by atoms with van der Waals surface area (Å²) in [4.78, 5) is 11.8. The lowest BCUT2D eigenvalue weighted by molar-refractivity contribution is 0.102. The topological polar surface area (TPSA) is 79.6 Å². The van der Waals surface area contributed by atoms with Gasteiger partial charge in [-0.3, -0.25) is 4.79 Å². The summed E-state index contributed by atoms with van der Waals surface area (Å²) in [5.41, 5.74) is 0.660. The first-order valence-corrected chi connectivity index (χ1v) is 7.70.